The second-order valence-corrected chi connectivity index (χ2v) is 6.84. The van der Waals surface area contributed by atoms with Crippen molar-refractivity contribution in [1.29, 1.82) is 0 Å². The summed E-state index contributed by atoms with van der Waals surface area (Å²) < 4.78 is 10.8. The average molecular weight is 415 g/mol. The third-order valence-electron chi connectivity index (χ3n) is 3.45. The van der Waals surface area contributed by atoms with Crippen molar-refractivity contribution in [2.24, 2.45) is 0 Å². The van der Waals surface area contributed by atoms with E-state index in [0.29, 0.717) is 45.4 Å². The Morgan fingerprint density at radius 2 is 1.88 bits per heavy atom. The zero-order valence-corrected chi connectivity index (χ0v) is 17.2. The Bertz CT molecular complexity index is 764. The maximum Gasteiger partial charge on any atom is 0.341 e. The summed E-state index contributed by atoms with van der Waals surface area (Å²) in [6, 6.07) is 5.36. The number of carbonyl (C=O) groups excluding carboxylic acids is 1. The van der Waals surface area contributed by atoms with Crippen LogP contribution in [-0.4, -0.2) is 35.4 Å². The number of esters is 1. The zero-order chi connectivity index (χ0) is 19.1. The third-order valence-corrected chi connectivity index (χ3v) is 4.62. The predicted molar refractivity (Wildman–Crippen MR) is 105 cm³/mol. The Morgan fingerprint density at radius 1 is 1.19 bits per heavy atom. The molecule has 5 nitrogen and oxygen atoms in total. The Morgan fingerprint density at radius 3 is 2.46 bits per heavy atom. The Labute approximate surface area is 167 Å². The van der Waals surface area contributed by atoms with Gasteiger partial charge in [0.25, 0.3) is 0 Å². The standard InChI is InChI=1S/C18H20Cl2N2O3S/c1-4-8-25-14-7-6-11(9-12(14)17(23)24-5-2)10-13-15(19)21-18(26-3)22-16(13)20/h6-7,9H,4-5,8,10H2,1-3H3. The molecule has 0 aliphatic carbocycles. The quantitative estimate of drug-likeness (QED) is 0.260. The van der Waals surface area contributed by atoms with E-state index in [1.165, 1.54) is 11.8 Å². The second kappa shape index (κ2) is 10.00. The molecule has 0 spiro atoms. The lowest BCUT2D eigenvalue weighted by Crippen LogP contribution is -2.09. The van der Waals surface area contributed by atoms with Gasteiger partial charge < -0.3 is 9.47 Å². The van der Waals surface area contributed by atoms with Crippen molar-refractivity contribution in [2.45, 2.75) is 31.8 Å². The lowest BCUT2D eigenvalue weighted by atomic mass is 10.0. The van der Waals surface area contributed by atoms with Crippen molar-refractivity contribution in [2.75, 3.05) is 19.5 Å². The molecule has 2 rings (SSSR count). The summed E-state index contributed by atoms with van der Waals surface area (Å²) in [6.07, 6.45) is 3.09. The largest absolute Gasteiger partial charge is 0.493 e. The number of benzene rings is 1. The molecule has 0 aliphatic rings. The van der Waals surface area contributed by atoms with E-state index in [4.69, 9.17) is 32.7 Å². The monoisotopic (exact) mass is 414 g/mol. The minimum Gasteiger partial charge on any atom is -0.493 e. The van der Waals surface area contributed by atoms with Gasteiger partial charge in [0, 0.05) is 12.0 Å². The number of hydrogen-bond donors (Lipinski definition) is 0. The molecule has 0 aliphatic heterocycles. The topological polar surface area (TPSA) is 61.3 Å². The van der Waals surface area contributed by atoms with Crippen LogP contribution in [0.1, 0.15) is 41.8 Å². The van der Waals surface area contributed by atoms with Gasteiger partial charge in [-0.3, -0.25) is 0 Å². The molecule has 8 heteroatoms. The van der Waals surface area contributed by atoms with Crippen molar-refractivity contribution in [1.82, 2.24) is 9.97 Å². The summed E-state index contributed by atoms with van der Waals surface area (Å²) in [4.78, 5) is 20.7. The lowest BCUT2D eigenvalue weighted by Gasteiger charge is -2.13. The highest BCUT2D eigenvalue weighted by molar-refractivity contribution is 7.98. The van der Waals surface area contributed by atoms with Crippen LogP contribution in [0.25, 0.3) is 0 Å². The van der Waals surface area contributed by atoms with Gasteiger partial charge in [-0.1, -0.05) is 48.0 Å². The SMILES string of the molecule is CCCOc1ccc(Cc2c(Cl)nc(SC)nc2Cl)cc1C(=O)OCC. The first-order valence-corrected chi connectivity index (χ1v) is 10.2. The number of carbonyl (C=O) groups is 1. The molecule has 0 radical (unpaired) electrons. The zero-order valence-electron chi connectivity index (χ0n) is 14.8. The fourth-order valence-electron chi connectivity index (χ4n) is 2.25. The van der Waals surface area contributed by atoms with Crippen LogP contribution in [0.3, 0.4) is 0 Å². The summed E-state index contributed by atoms with van der Waals surface area (Å²) >= 11 is 13.9. The Balaban J connectivity index is 2.35. The number of rotatable bonds is 8. The van der Waals surface area contributed by atoms with Crippen LogP contribution in [0.4, 0.5) is 0 Å². The summed E-state index contributed by atoms with van der Waals surface area (Å²) in [5, 5.41) is 1.12. The van der Waals surface area contributed by atoms with E-state index in [0.717, 1.165) is 12.0 Å². The van der Waals surface area contributed by atoms with Gasteiger partial charge in [0.2, 0.25) is 0 Å². The molecule has 0 N–H and O–H groups in total. The van der Waals surface area contributed by atoms with E-state index in [2.05, 4.69) is 9.97 Å². The molecule has 140 valence electrons. The maximum absolute atomic E-state index is 12.3. The van der Waals surface area contributed by atoms with Gasteiger partial charge in [-0.15, -0.1) is 0 Å². The Hall–Kier alpha value is -1.50. The first-order chi connectivity index (χ1) is 12.5. The number of aromatic nitrogens is 2. The van der Waals surface area contributed by atoms with Gasteiger partial charge in [-0.2, -0.15) is 0 Å². The fourth-order valence-corrected chi connectivity index (χ4v) is 3.23. The highest BCUT2D eigenvalue weighted by Crippen LogP contribution is 2.29. The van der Waals surface area contributed by atoms with Crippen LogP contribution < -0.4 is 4.74 Å². The molecule has 0 atom stereocenters. The van der Waals surface area contributed by atoms with E-state index >= 15 is 0 Å². The molecule has 0 bridgehead atoms. The molecule has 1 aromatic carbocycles. The van der Waals surface area contributed by atoms with Gasteiger partial charge in [-0.05, 0) is 37.3 Å². The number of halogens is 2. The average Bonchev–Trinajstić information content (AvgIpc) is 2.63. The minimum atomic E-state index is -0.424. The van der Waals surface area contributed by atoms with Gasteiger partial charge in [0.05, 0.1) is 13.2 Å². The van der Waals surface area contributed by atoms with Crippen molar-refractivity contribution in [3.05, 3.63) is 45.2 Å². The first-order valence-electron chi connectivity index (χ1n) is 8.18. The summed E-state index contributed by atoms with van der Waals surface area (Å²) in [5.41, 5.74) is 1.83. The third kappa shape index (κ3) is 5.25. The van der Waals surface area contributed by atoms with E-state index in [-0.39, 0.29) is 6.61 Å². The summed E-state index contributed by atoms with van der Waals surface area (Å²) in [5.74, 6) is 0.0758. The molecule has 0 saturated heterocycles. The van der Waals surface area contributed by atoms with E-state index < -0.39 is 5.97 Å². The van der Waals surface area contributed by atoms with Crippen molar-refractivity contribution >= 4 is 40.9 Å². The molecule has 0 unspecified atom stereocenters. The summed E-state index contributed by atoms with van der Waals surface area (Å²) in [7, 11) is 0. The minimum absolute atomic E-state index is 0.290. The van der Waals surface area contributed by atoms with Crippen LogP contribution >= 0.6 is 35.0 Å². The fraction of sp³-hybridized carbons (Fsp3) is 0.389. The van der Waals surface area contributed by atoms with E-state index in [9.17, 15) is 4.79 Å². The molecular formula is C18H20Cl2N2O3S. The van der Waals surface area contributed by atoms with Crippen LogP contribution in [0.5, 0.6) is 5.75 Å². The molecule has 0 amide bonds. The smallest absolute Gasteiger partial charge is 0.341 e. The summed E-state index contributed by atoms with van der Waals surface area (Å²) in [6.45, 7) is 4.57. The van der Waals surface area contributed by atoms with E-state index in [1.54, 1.807) is 19.1 Å². The maximum atomic E-state index is 12.3. The van der Waals surface area contributed by atoms with Gasteiger partial charge in [0.1, 0.15) is 21.6 Å². The molecule has 2 aromatic rings. The first kappa shape index (κ1) is 20.8. The molecule has 1 heterocycles. The van der Waals surface area contributed by atoms with Crippen molar-refractivity contribution in [3.63, 3.8) is 0 Å². The van der Waals surface area contributed by atoms with Crippen LogP contribution in [0.2, 0.25) is 10.3 Å². The van der Waals surface area contributed by atoms with Gasteiger partial charge >= 0.3 is 5.97 Å². The van der Waals surface area contributed by atoms with E-state index in [1.807, 2.05) is 19.2 Å². The normalized spacial score (nSPS) is 10.7. The number of nitrogens with zero attached hydrogens (tertiary/aromatic N) is 2. The number of ether oxygens (including phenoxy) is 2. The van der Waals surface area contributed by atoms with Gasteiger partial charge in [-0.25, -0.2) is 14.8 Å². The molecule has 0 saturated carbocycles. The molecule has 1 aromatic heterocycles. The van der Waals surface area contributed by atoms with Crippen LogP contribution in [0.15, 0.2) is 23.4 Å². The molecule has 26 heavy (non-hydrogen) atoms. The van der Waals surface area contributed by atoms with Crippen LogP contribution in [0, 0.1) is 0 Å². The highest BCUT2D eigenvalue weighted by Gasteiger charge is 2.17. The second-order valence-electron chi connectivity index (χ2n) is 5.35. The van der Waals surface area contributed by atoms with Crippen LogP contribution in [-0.2, 0) is 11.2 Å². The number of thioether (sulfide) groups is 1. The lowest BCUT2D eigenvalue weighted by molar-refractivity contribution is 0.0521. The molecule has 0 fully saturated rings. The van der Waals surface area contributed by atoms with Crippen molar-refractivity contribution in [3.8, 4) is 5.75 Å². The highest BCUT2D eigenvalue weighted by atomic mass is 35.5. The molecular weight excluding hydrogens is 395 g/mol. The van der Waals surface area contributed by atoms with Crippen molar-refractivity contribution < 1.29 is 14.3 Å². The predicted octanol–water partition coefficient (Wildman–Crippen LogP) is 5.06. The van der Waals surface area contributed by atoms with Gasteiger partial charge in [0.15, 0.2) is 5.16 Å². The Kier molecular flexibility index (Phi) is 8.00. The number of hydrogen-bond acceptors (Lipinski definition) is 6.